The van der Waals surface area contributed by atoms with Crippen LogP contribution in [0.4, 0.5) is 4.79 Å². The fourth-order valence-electron chi connectivity index (χ4n) is 3.74. The highest BCUT2D eigenvalue weighted by atomic mass is 16.2. The van der Waals surface area contributed by atoms with E-state index in [9.17, 15) is 14.4 Å². The second-order valence-corrected chi connectivity index (χ2v) is 7.25. The summed E-state index contributed by atoms with van der Waals surface area (Å²) in [7, 11) is 0. The van der Waals surface area contributed by atoms with Crippen molar-refractivity contribution < 1.29 is 14.4 Å². The Bertz CT molecular complexity index is 793. The summed E-state index contributed by atoms with van der Waals surface area (Å²) in [5.74, 6) is -0.165. The zero-order valence-corrected chi connectivity index (χ0v) is 15.0. The average molecular weight is 357 g/mol. The van der Waals surface area contributed by atoms with E-state index in [1.807, 2.05) is 11.5 Å². The largest absolute Gasteiger partial charge is 0.334 e. The summed E-state index contributed by atoms with van der Waals surface area (Å²) in [6.07, 6.45) is 9.34. The van der Waals surface area contributed by atoms with Gasteiger partial charge in [0.1, 0.15) is 5.82 Å². The number of allylic oxidation sites excluding steroid dienone is 1. The predicted octanol–water partition coefficient (Wildman–Crippen LogP) is 2.10. The first-order chi connectivity index (χ1) is 12.6. The van der Waals surface area contributed by atoms with E-state index < -0.39 is 17.8 Å². The zero-order valence-electron chi connectivity index (χ0n) is 15.0. The van der Waals surface area contributed by atoms with Crippen LogP contribution in [-0.2, 0) is 16.1 Å². The number of amides is 4. The molecule has 0 spiro atoms. The molecule has 0 unspecified atom stereocenters. The van der Waals surface area contributed by atoms with E-state index in [-0.39, 0.29) is 13.1 Å². The molecule has 0 radical (unpaired) electrons. The third-order valence-electron chi connectivity index (χ3n) is 5.33. The molecule has 1 aliphatic heterocycles. The number of rotatable bonds is 6. The van der Waals surface area contributed by atoms with E-state index in [0.29, 0.717) is 18.3 Å². The number of hydrogen-bond acceptors (Lipinski definition) is 5. The molecule has 4 amide bonds. The quantitative estimate of drug-likeness (QED) is 0.442. The Kier molecular flexibility index (Phi) is 4.34. The van der Waals surface area contributed by atoms with Crippen molar-refractivity contribution in [3.63, 3.8) is 0 Å². The molecule has 0 bridgehead atoms. The third kappa shape index (κ3) is 3.04. The SMILES string of the molecule is Cc1nnc(CN2C(=O)C(=O)N(CCC3=CCCCC3)C2=O)n1C1CC1. The van der Waals surface area contributed by atoms with Crippen LogP contribution in [0.3, 0.4) is 0 Å². The van der Waals surface area contributed by atoms with Crippen LogP contribution in [0, 0.1) is 6.92 Å². The lowest BCUT2D eigenvalue weighted by molar-refractivity contribution is -0.143. The highest BCUT2D eigenvalue weighted by Crippen LogP contribution is 2.36. The molecule has 2 heterocycles. The zero-order chi connectivity index (χ0) is 18.3. The Morgan fingerprint density at radius 2 is 1.85 bits per heavy atom. The van der Waals surface area contributed by atoms with Crippen LogP contribution in [0.1, 0.15) is 62.6 Å². The Balaban J connectivity index is 1.46. The van der Waals surface area contributed by atoms with Gasteiger partial charge >= 0.3 is 17.8 Å². The number of hydrogen-bond donors (Lipinski definition) is 0. The van der Waals surface area contributed by atoms with Crippen LogP contribution in [0.2, 0.25) is 0 Å². The van der Waals surface area contributed by atoms with Gasteiger partial charge in [0.2, 0.25) is 0 Å². The molecule has 26 heavy (non-hydrogen) atoms. The van der Waals surface area contributed by atoms with Crippen molar-refractivity contribution in [3.8, 4) is 0 Å². The maximum Gasteiger partial charge on any atom is 0.334 e. The molecule has 138 valence electrons. The fraction of sp³-hybridized carbons (Fsp3) is 0.611. The van der Waals surface area contributed by atoms with Crippen molar-refractivity contribution in [2.24, 2.45) is 0 Å². The molecule has 0 aromatic carbocycles. The van der Waals surface area contributed by atoms with Crippen LogP contribution in [-0.4, -0.2) is 49.0 Å². The molecular formula is C18H23N5O3. The molecule has 2 fully saturated rings. The average Bonchev–Trinajstić information content (AvgIpc) is 3.38. The van der Waals surface area contributed by atoms with Gasteiger partial charge in [0.15, 0.2) is 5.82 Å². The van der Waals surface area contributed by atoms with E-state index in [0.717, 1.165) is 47.7 Å². The maximum atomic E-state index is 12.6. The molecule has 4 rings (SSSR count). The molecule has 0 N–H and O–H groups in total. The van der Waals surface area contributed by atoms with Gasteiger partial charge in [-0.25, -0.2) is 9.69 Å². The third-order valence-corrected chi connectivity index (χ3v) is 5.33. The van der Waals surface area contributed by atoms with Crippen molar-refractivity contribution >= 4 is 17.8 Å². The van der Waals surface area contributed by atoms with Gasteiger partial charge in [0, 0.05) is 12.6 Å². The number of carbonyl (C=O) groups excluding carboxylic acids is 3. The molecular weight excluding hydrogens is 334 g/mol. The Morgan fingerprint density at radius 3 is 2.54 bits per heavy atom. The van der Waals surface area contributed by atoms with Gasteiger partial charge in [0.25, 0.3) is 0 Å². The second kappa shape index (κ2) is 6.66. The monoisotopic (exact) mass is 357 g/mol. The normalized spacial score (nSPS) is 21.0. The van der Waals surface area contributed by atoms with Crippen LogP contribution in [0.15, 0.2) is 11.6 Å². The summed E-state index contributed by atoms with van der Waals surface area (Å²) >= 11 is 0. The fourth-order valence-corrected chi connectivity index (χ4v) is 3.74. The maximum absolute atomic E-state index is 12.6. The molecule has 3 aliphatic rings. The van der Waals surface area contributed by atoms with Gasteiger partial charge in [0.05, 0.1) is 6.54 Å². The summed E-state index contributed by atoms with van der Waals surface area (Å²) in [5.41, 5.74) is 1.27. The summed E-state index contributed by atoms with van der Waals surface area (Å²) in [5, 5.41) is 8.17. The Labute approximate surface area is 151 Å². The van der Waals surface area contributed by atoms with Gasteiger partial charge in [-0.05, 0) is 51.9 Å². The predicted molar refractivity (Wildman–Crippen MR) is 91.9 cm³/mol. The lowest BCUT2D eigenvalue weighted by Crippen LogP contribution is -2.34. The molecule has 1 saturated heterocycles. The molecule has 2 aliphatic carbocycles. The topological polar surface area (TPSA) is 88.4 Å². The molecule has 1 saturated carbocycles. The summed E-state index contributed by atoms with van der Waals surface area (Å²) in [6, 6.07) is -0.197. The number of nitrogens with zero attached hydrogens (tertiary/aromatic N) is 5. The summed E-state index contributed by atoms with van der Waals surface area (Å²) < 4.78 is 1.97. The van der Waals surface area contributed by atoms with E-state index in [1.165, 1.54) is 12.0 Å². The van der Waals surface area contributed by atoms with Gasteiger partial charge in [-0.1, -0.05) is 11.6 Å². The standard InChI is InChI=1S/C18H23N5O3/c1-12-19-20-15(23(12)14-7-8-14)11-22-17(25)16(24)21(18(22)26)10-9-13-5-3-2-4-6-13/h5,14H,2-4,6-11H2,1H3. The van der Waals surface area contributed by atoms with E-state index >= 15 is 0 Å². The van der Waals surface area contributed by atoms with Crippen LogP contribution in [0.5, 0.6) is 0 Å². The number of urea groups is 1. The molecule has 8 nitrogen and oxygen atoms in total. The molecule has 0 atom stereocenters. The van der Waals surface area contributed by atoms with Crippen molar-refractivity contribution in [3.05, 3.63) is 23.3 Å². The van der Waals surface area contributed by atoms with Crippen molar-refractivity contribution in [1.29, 1.82) is 0 Å². The smallest absolute Gasteiger partial charge is 0.311 e. The highest BCUT2D eigenvalue weighted by molar-refractivity contribution is 6.44. The molecule has 1 aromatic heterocycles. The lowest BCUT2D eigenvalue weighted by atomic mass is 9.97. The van der Waals surface area contributed by atoms with Gasteiger partial charge < -0.3 is 4.57 Å². The minimum absolute atomic E-state index is 0.0000565. The minimum atomic E-state index is -0.768. The Morgan fingerprint density at radius 1 is 1.08 bits per heavy atom. The molecule has 1 aromatic rings. The first-order valence-electron chi connectivity index (χ1n) is 9.32. The first-order valence-corrected chi connectivity index (χ1v) is 9.32. The van der Waals surface area contributed by atoms with Crippen molar-refractivity contribution in [2.75, 3.05) is 6.54 Å². The van der Waals surface area contributed by atoms with Gasteiger partial charge in [-0.15, -0.1) is 10.2 Å². The molecule has 8 heteroatoms. The lowest BCUT2D eigenvalue weighted by Gasteiger charge is -2.18. The number of aryl methyl sites for hydroxylation is 1. The van der Waals surface area contributed by atoms with Crippen LogP contribution >= 0.6 is 0 Å². The minimum Gasteiger partial charge on any atom is -0.311 e. The highest BCUT2D eigenvalue weighted by Gasteiger charge is 2.45. The summed E-state index contributed by atoms with van der Waals surface area (Å²) in [6.45, 7) is 2.12. The van der Waals surface area contributed by atoms with E-state index in [4.69, 9.17) is 0 Å². The summed E-state index contributed by atoms with van der Waals surface area (Å²) in [4.78, 5) is 39.3. The van der Waals surface area contributed by atoms with Crippen molar-refractivity contribution in [1.82, 2.24) is 24.6 Å². The van der Waals surface area contributed by atoms with Crippen LogP contribution in [0.25, 0.3) is 0 Å². The second-order valence-electron chi connectivity index (χ2n) is 7.25. The number of carbonyl (C=O) groups is 3. The van der Waals surface area contributed by atoms with E-state index in [2.05, 4.69) is 16.3 Å². The van der Waals surface area contributed by atoms with E-state index in [1.54, 1.807) is 0 Å². The number of imide groups is 2. The Hall–Kier alpha value is -2.51. The van der Waals surface area contributed by atoms with Gasteiger partial charge in [-0.3, -0.25) is 14.5 Å². The first kappa shape index (κ1) is 16.9. The van der Waals surface area contributed by atoms with Gasteiger partial charge in [-0.2, -0.15) is 0 Å². The number of aromatic nitrogens is 3. The van der Waals surface area contributed by atoms with Crippen LogP contribution < -0.4 is 0 Å². The van der Waals surface area contributed by atoms with Crippen molar-refractivity contribution in [2.45, 2.75) is 64.5 Å².